The third-order valence-electron chi connectivity index (χ3n) is 4.52. The van der Waals surface area contributed by atoms with Gasteiger partial charge in [-0.3, -0.25) is 0 Å². The molecule has 2 aromatic rings. The normalized spacial score (nSPS) is 26.5. The minimum Gasteiger partial charge on any atom is -0.493 e. The van der Waals surface area contributed by atoms with Gasteiger partial charge in [0.15, 0.2) is 17.6 Å². The molecule has 4 nitrogen and oxygen atoms in total. The molecule has 1 fully saturated rings. The van der Waals surface area contributed by atoms with Gasteiger partial charge in [-0.15, -0.1) is 0 Å². The number of aliphatic hydroxyl groups is 1. The Morgan fingerprint density at radius 1 is 1.27 bits per heavy atom. The first-order valence-corrected chi connectivity index (χ1v) is 7.98. The summed E-state index contributed by atoms with van der Waals surface area (Å²) in [7, 11) is 0. The van der Waals surface area contributed by atoms with Gasteiger partial charge >= 0.3 is 0 Å². The SMILES string of the molecule is CCOc1cc2c(c3ccccc13)O[C@H]1CCCC[C@]1(O)O2. The molecule has 1 saturated carbocycles. The van der Waals surface area contributed by atoms with Crippen LogP contribution in [0.25, 0.3) is 10.8 Å². The zero-order valence-electron chi connectivity index (χ0n) is 12.7. The van der Waals surface area contributed by atoms with E-state index in [0.29, 0.717) is 18.8 Å². The number of rotatable bonds is 2. The molecule has 2 aromatic carbocycles. The van der Waals surface area contributed by atoms with E-state index in [4.69, 9.17) is 14.2 Å². The smallest absolute Gasteiger partial charge is 0.245 e. The molecule has 4 rings (SSSR count). The molecular formula is C18H20O4. The summed E-state index contributed by atoms with van der Waals surface area (Å²) in [5.74, 6) is 0.841. The zero-order chi connectivity index (χ0) is 15.2. The molecule has 0 amide bonds. The molecular weight excluding hydrogens is 280 g/mol. The fourth-order valence-electron chi connectivity index (χ4n) is 3.46. The van der Waals surface area contributed by atoms with Crippen LogP contribution < -0.4 is 14.2 Å². The second-order valence-corrected chi connectivity index (χ2v) is 5.98. The third kappa shape index (κ3) is 2.02. The van der Waals surface area contributed by atoms with Crippen molar-refractivity contribution in [2.45, 2.75) is 44.5 Å². The molecule has 1 aliphatic carbocycles. The third-order valence-corrected chi connectivity index (χ3v) is 4.52. The van der Waals surface area contributed by atoms with Crippen LogP contribution in [0, 0.1) is 0 Å². The Hall–Kier alpha value is -1.94. The molecule has 0 radical (unpaired) electrons. The van der Waals surface area contributed by atoms with Crippen molar-refractivity contribution in [3.8, 4) is 17.2 Å². The van der Waals surface area contributed by atoms with Gasteiger partial charge in [-0.2, -0.15) is 0 Å². The first-order chi connectivity index (χ1) is 10.7. The van der Waals surface area contributed by atoms with E-state index in [0.717, 1.165) is 41.5 Å². The summed E-state index contributed by atoms with van der Waals surface area (Å²) in [6.45, 7) is 2.53. The number of ether oxygens (including phenoxy) is 3. The number of hydrogen-bond donors (Lipinski definition) is 1. The van der Waals surface area contributed by atoms with Gasteiger partial charge in [0.25, 0.3) is 0 Å². The van der Waals surface area contributed by atoms with E-state index >= 15 is 0 Å². The second kappa shape index (κ2) is 5.06. The van der Waals surface area contributed by atoms with Crippen LogP contribution in [0.5, 0.6) is 17.2 Å². The molecule has 1 heterocycles. The van der Waals surface area contributed by atoms with E-state index in [1.165, 1.54) is 0 Å². The minimum absolute atomic E-state index is 0.296. The Morgan fingerprint density at radius 3 is 2.91 bits per heavy atom. The van der Waals surface area contributed by atoms with E-state index in [1.54, 1.807) is 0 Å². The van der Waals surface area contributed by atoms with Crippen molar-refractivity contribution in [2.24, 2.45) is 0 Å². The van der Waals surface area contributed by atoms with Crippen LogP contribution in [0.1, 0.15) is 32.6 Å². The highest BCUT2D eigenvalue weighted by atomic mass is 16.7. The van der Waals surface area contributed by atoms with Crippen molar-refractivity contribution in [2.75, 3.05) is 6.61 Å². The van der Waals surface area contributed by atoms with Crippen LogP contribution in [0.4, 0.5) is 0 Å². The van der Waals surface area contributed by atoms with Crippen molar-refractivity contribution in [3.63, 3.8) is 0 Å². The van der Waals surface area contributed by atoms with Gasteiger partial charge in [0.2, 0.25) is 5.79 Å². The maximum absolute atomic E-state index is 10.7. The molecule has 1 aliphatic heterocycles. The van der Waals surface area contributed by atoms with Gasteiger partial charge in [0, 0.05) is 23.3 Å². The lowest BCUT2D eigenvalue weighted by atomic mass is 9.90. The van der Waals surface area contributed by atoms with Gasteiger partial charge in [0.1, 0.15) is 5.75 Å². The molecule has 2 atom stereocenters. The average molecular weight is 300 g/mol. The Morgan fingerprint density at radius 2 is 2.09 bits per heavy atom. The predicted molar refractivity (Wildman–Crippen MR) is 83.6 cm³/mol. The Kier molecular flexibility index (Phi) is 3.15. The number of benzene rings is 2. The number of hydrogen-bond acceptors (Lipinski definition) is 4. The van der Waals surface area contributed by atoms with Crippen LogP contribution in [-0.4, -0.2) is 23.6 Å². The van der Waals surface area contributed by atoms with Gasteiger partial charge in [-0.1, -0.05) is 24.3 Å². The van der Waals surface area contributed by atoms with E-state index < -0.39 is 5.79 Å². The monoisotopic (exact) mass is 300 g/mol. The summed E-state index contributed by atoms with van der Waals surface area (Å²) in [6.07, 6.45) is 3.14. The van der Waals surface area contributed by atoms with E-state index in [9.17, 15) is 5.11 Å². The lowest BCUT2D eigenvalue weighted by Gasteiger charge is -2.43. The average Bonchev–Trinajstić information content (AvgIpc) is 2.53. The van der Waals surface area contributed by atoms with Crippen molar-refractivity contribution in [3.05, 3.63) is 30.3 Å². The van der Waals surface area contributed by atoms with Crippen molar-refractivity contribution in [1.82, 2.24) is 0 Å². The van der Waals surface area contributed by atoms with Crippen molar-refractivity contribution >= 4 is 10.8 Å². The molecule has 1 N–H and O–H groups in total. The van der Waals surface area contributed by atoms with Crippen molar-refractivity contribution in [1.29, 1.82) is 0 Å². The fraction of sp³-hybridized carbons (Fsp3) is 0.444. The lowest BCUT2D eigenvalue weighted by molar-refractivity contribution is -0.228. The van der Waals surface area contributed by atoms with E-state index in [2.05, 4.69) is 0 Å². The maximum atomic E-state index is 10.7. The van der Waals surface area contributed by atoms with Gasteiger partial charge < -0.3 is 19.3 Å². The molecule has 4 heteroatoms. The molecule has 0 aromatic heterocycles. The van der Waals surface area contributed by atoms with Crippen LogP contribution in [0.15, 0.2) is 30.3 Å². The van der Waals surface area contributed by atoms with Crippen LogP contribution in [-0.2, 0) is 0 Å². The first-order valence-electron chi connectivity index (χ1n) is 7.98. The topological polar surface area (TPSA) is 47.9 Å². The van der Waals surface area contributed by atoms with E-state index in [1.807, 2.05) is 37.3 Å². The van der Waals surface area contributed by atoms with Crippen molar-refractivity contribution < 1.29 is 19.3 Å². The summed E-state index contributed by atoms with van der Waals surface area (Å²) in [5.41, 5.74) is 0. The Labute approximate surface area is 129 Å². The number of fused-ring (bicyclic) bond motifs is 4. The van der Waals surface area contributed by atoms with Crippen LogP contribution in [0.3, 0.4) is 0 Å². The molecule has 116 valence electrons. The highest BCUT2D eigenvalue weighted by Crippen LogP contribution is 2.49. The fourth-order valence-corrected chi connectivity index (χ4v) is 3.46. The van der Waals surface area contributed by atoms with Crippen LogP contribution in [0.2, 0.25) is 0 Å². The highest BCUT2D eigenvalue weighted by molar-refractivity contribution is 5.95. The van der Waals surface area contributed by atoms with E-state index in [-0.39, 0.29) is 6.10 Å². The molecule has 0 spiro atoms. The standard InChI is InChI=1S/C18H20O4/c1-2-20-14-11-15-17(13-8-4-3-7-12(13)14)21-16-9-5-6-10-18(16,19)22-15/h3-4,7-8,11,16,19H,2,5-6,9-10H2,1H3/t16-,18-/m0/s1. The maximum Gasteiger partial charge on any atom is 0.245 e. The van der Waals surface area contributed by atoms with Crippen LogP contribution >= 0.6 is 0 Å². The highest BCUT2D eigenvalue weighted by Gasteiger charge is 2.47. The Balaban J connectivity index is 1.88. The molecule has 0 bridgehead atoms. The zero-order valence-corrected chi connectivity index (χ0v) is 12.7. The van der Waals surface area contributed by atoms with Gasteiger partial charge in [0.05, 0.1) is 6.61 Å². The quantitative estimate of drug-likeness (QED) is 0.920. The van der Waals surface area contributed by atoms with Gasteiger partial charge in [-0.25, -0.2) is 0 Å². The summed E-state index contributed by atoms with van der Waals surface area (Å²) in [6, 6.07) is 9.82. The first kappa shape index (κ1) is 13.7. The predicted octanol–water partition coefficient (Wildman–Crippen LogP) is 3.64. The summed E-state index contributed by atoms with van der Waals surface area (Å²) >= 11 is 0. The Bertz CT molecular complexity index is 712. The molecule has 0 saturated heterocycles. The largest absolute Gasteiger partial charge is 0.493 e. The van der Waals surface area contributed by atoms with Gasteiger partial charge in [-0.05, 0) is 26.2 Å². The minimum atomic E-state index is -1.21. The lowest BCUT2D eigenvalue weighted by Crippen LogP contribution is -2.54. The summed E-state index contributed by atoms with van der Waals surface area (Å²) in [5, 5.41) is 12.7. The molecule has 0 unspecified atom stereocenters. The molecule has 22 heavy (non-hydrogen) atoms. The molecule has 2 aliphatic rings. The summed E-state index contributed by atoms with van der Waals surface area (Å²) < 4.78 is 17.9. The second-order valence-electron chi connectivity index (χ2n) is 5.98. The summed E-state index contributed by atoms with van der Waals surface area (Å²) in [4.78, 5) is 0.